The van der Waals surface area contributed by atoms with Crippen LogP contribution in [0.4, 0.5) is 15.5 Å². The van der Waals surface area contributed by atoms with E-state index >= 15 is 0 Å². The molecule has 1 saturated carbocycles. The van der Waals surface area contributed by atoms with Gasteiger partial charge >= 0.3 is 6.03 Å². The zero-order chi connectivity index (χ0) is 20.4. The summed E-state index contributed by atoms with van der Waals surface area (Å²) >= 11 is 7.40. The summed E-state index contributed by atoms with van der Waals surface area (Å²) < 4.78 is 0. The Morgan fingerprint density at radius 2 is 1.93 bits per heavy atom. The predicted octanol–water partition coefficient (Wildman–Crippen LogP) is 4.99. The van der Waals surface area contributed by atoms with Crippen LogP contribution in [0.15, 0.2) is 24.3 Å². The molecular weight excluding hydrogens is 443 g/mol. The number of likely N-dealkylation sites (N-methyl/N-ethyl adjacent to an activating group) is 1. The lowest BCUT2D eigenvalue weighted by Crippen LogP contribution is -2.32. The maximum atomic E-state index is 13.0. The molecule has 1 aromatic heterocycles. The van der Waals surface area contributed by atoms with Crippen molar-refractivity contribution in [2.75, 3.05) is 30.3 Å². The summed E-state index contributed by atoms with van der Waals surface area (Å²) in [7, 11) is 0. The number of thiophene rings is 1. The molecule has 1 aromatic carbocycles. The molecule has 0 saturated heterocycles. The summed E-state index contributed by atoms with van der Waals surface area (Å²) in [5.74, 6) is 0.523. The molecule has 162 valence electrons. The van der Waals surface area contributed by atoms with Gasteiger partial charge in [-0.1, -0.05) is 18.5 Å². The van der Waals surface area contributed by atoms with Crippen LogP contribution in [-0.2, 0) is 13.0 Å². The maximum absolute atomic E-state index is 13.0. The van der Waals surface area contributed by atoms with Gasteiger partial charge in [0.1, 0.15) is 5.00 Å². The fourth-order valence-electron chi connectivity index (χ4n) is 3.50. The van der Waals surface area contributed by atoms with Crippen LogP contribution in [0.2, 0.25) is 5.02 Å². The van der Waals surface area contributed by atoms with Crippen LogP contribution in [0.1, 0.15) is 40.6 Å². The number of hydrogen-bond donors (Lipinski definition) is 3. The Morgan fingerprint density at radius 1 is 1.20 bits per heavy atom. The molecule has 3 amide bonds. The van der Waals surface area contributed by atoms with Crippen LogP contribution < -0.4 is 16.0 Å². The van der Waals surface area contributed by atoms with E-state index < -0.39 is 0 Å². The first-order chi connectivity index (χ1) is 14.0. The normalized spacial score (nSPS) is 15.7. The van der Waals surface area contributed by atoms with Gasteiger partial charge in [-0.05, 0) is 61.6 Å². The van der Waals surface area contributed by atoms with Gasteiger partial charge in [0.05, 0.1) is 5.56 Å². The fraction of sp³-hybridized carbons (Fsp3) is 0.429. The molecule has 0 radical (unpaired) electrons. The van der Waals surface area contributed by atoms with Crippen molar-refractivity contribution in [3.63, 3.8) is 0 Å². The largest absolute Gasteiger partial charge is 0.352 e. The van der Waals surface area contributed by atoms with Crippen molar-refractivity contribution in [2.24, 2.45) is 5.92 Å². The number of urea groups is 1. The molecule has 1 aliphatic carbocycles. The minimum Gasteiger partial charge on any atom is -0.352 e. The van der Waals surface area contributed by atoms with E-state index in [0.29, 0.717) is 33.7 Å². The Balaban J connectivity index is 0.00000256. The Bertz CT molecular complexity index is 912. The van der Waals surface area contributed by atoms with Gasteiger partial charge in [0.15, 0.2) is 0 Å². The van der Waals surface area contributed by atoms with Crippen LogP contribution in [0, 0.1) is 5.92 Å². The summed E-state index contributed by atoms with van der Waals surface area (Å²) in [4.78, 5) is 29.0. The monoisotopic (exact) mass is 468 g/mol. The van der Waals surface area contributed by atoms with Gasteiger partial charge in [-0.2, -0.15) is 0 Å². The van der Waals surface area contributed by atoms with E-state index in [-0.39, 0.29) is 24.3 Å². The van der Waals surface area contributed by atoms with E-state index in [1.54, 1.807) is 24.3 Å². The SMILES string of the molecule is CCN1CCc2c(sc(NC(=O)Nc3ccc(Cl)cc3)c2C(=O)NCC2CC2)C1.Cl. The molecule has 0 spiro atoms. The Hall–Kier alpha value is -1.80. The highest BCUT2D eigenvalue weighted by Crippen LogP contribution is 2.37. The molecular formula is C21H26Cl2N4O2S. The zero-order valence-corrected chi connectivity index (χ0v) is 19.2. The number of carbonyl (C=O) groups is 2. The van der Waals surface area contributed by atoms with Crippen molar-refractivity contribution in [3.8, 4) is 0 Å². The van der Waals surface area contributed by atoms with Crippen LogP contribution in [0.25, 0.3) is 0 Å². The number of halogens is 2. The Labute approximate surface area is 191 Å². The van der Waals surface area contributed by atoms with Crippen molar-refractivity contribution in [1.82, 2.24) is 10.2 Å². The highest BCUT2D eigenvalue weighted by Gasteiger charge is 2.29. The standard InChI is InChI=1S/C21H25ClN4O2S.ClH/c1-2-26-10-9-16-17(12-26)29-20(18(16)19(27)23-11-13-3-4-13)25-21(28)24-15-7-5-14(22)6-8-15;/h5-8,13H,2-4,9-12H2,1H3,(H,23,27)(H2,24,25,28);1H. The first-order valence-electron chi connectivity index (χ1n) is 10.0. The van der Waals surface area contributed by atoms with Crippen molar-refractivity contribution in [3.05, 3.63) is 45.3 Å². The topological polar surface area (TPSA) is 73.5 Å². The van der Waals surface area contributed by atoms with Crippen LogP contribution in [0.3, 0.4) is 0 Å². The van der Waals surface area contributed by atoms with Gasteiger partial charge in [-0.15, -0.1) is 23.7 Å². The first kappa shape index (κ1) is 22.9. The second kappa shape index (κ2) is 10.0. The average molecular weight is 469 g/mol. The number of rotatable bonds is 6. The van der Waals surface area contributed by atoms with Gasteiger partial charge in [0.2, 0.25) is 0 Å². The molecule has 0 unspecified atom stereocenters. The molecule has 30 heavy (non-hydrogen) atoms. The summed E-state index contributed by atoms with van der Waals surface area (Å²) in [5, 5.41) is 9.99. The van der Waals surface area contributed by atoms with Crippen molar-refractivity contribution in [1.29, 1.82) is 0 Å². The van der Waals surface area contributed by atoms with Crippen molar-refractivity contribution in [2.45, 2.75) is 32.7 Å². The number of anilines is 2. The summed E-state index contributed by atoms with van der Waals surface area (Å²) in [6.07, 6.45) is 3.19. The van der Waals surface area contributed by atoms with Crippen LogP contribution in [0.5, 0.6) is 0 Å². The number of carbonyl (C=O) groups excluding carboxylic acids is 2. The van der Waals surface area contributed by atoms with Gasteiger partial charge in [-0.25, -0.2) is 4.79 Å². The summed E-state index contributed by atoms with van der Waals surface area (Å²) in [6, 6.07) is 6.55. The molecule has 3 N–H and O–H groups in total. The minimum atomic E-state index is -0.366. The number of benzene rings is 1. The molecule has 0 atom stereocenters. The van der Waals surface area contributed by atoms with E-state index in [4.69, 9.17) is 11.6 Å². The zero-order valence-electron chi connectivity index (χ0n) is 16.8. The predicted molar refractivity (Wildman–Crippen MR) is 125 cm³/mol. The van der Waals surface area contributed by atoms with E-state index in [2.05, 4.69) is 27.8 Å². The third-order valence-corrected chi connectivity index (χ3v) is 6.77. The lowest BCUT2D eigenvalue weighted by atomic mass is 10.0. The average Bonchev–Trinajstić information content (AvgIpc) is 3.47. The molecule has 4 rings (SSSR count). The quantitative estimate of drug-likeness (QED) is 0.559. The van der Waals surface area contributed by atoms with Gasteiger partial charge in [-0.3, -0.25) is 15.0 Å². The molecule has 2 aromatic rings. The van der Waals surface area contributed by atoms with Gasteiger partial charge in [0, 0.05) is 35.2 Å². The molecule has 1 fully saturated rings. The number of hydrogen-bond acceptors (Lipinski definition) is 4. The van der Waals surface area contributed by atoms with Crippen molar-refractivity contribution < 1.29 is 9.59 Å². The maximum Gasteiger partial charge on any atom is 0.324 e. The molecule has 2 heterocycles. The number of fused-ring (bicyclic) bond motifs is 1. The molecule has 6 nitrogen and oxygen atoms in total. The van der Waals surface area contributed by atoms with Gasteiger partial charge in [0.25, 0.3) is 5.91 Å². The van der Waals surface area contributed by atoms with E-state index in [1.165, 1.54) is 24.2 Å². The molecule has 0 bridgehead atoms. The second-order valence-electron chi connectivity index (χ2n) is 7.57. The fourth-order valence-corrected chi connectivity index (χ4v) is 4.91. The third kappa shape index (κ3) is 5.46. The highest BCUT2D eigenvalue weighted by atomic mass is 35.5. The second-order valence-corrected chi connectivity index (χ2v) is 9.11. The van der Waals surface area contributed by atoms with E-state index in [0.717, 1.165) is 36.5 Å². The minimum absolute atomic E-state index is 0. The van der Waals surface area contributed by atoms with Crippen molar-refractivity contribution >= 4 is 58.0 Å². The lowest BCUT2D eigenvalue weighted by molar-refractivity contribution is 0.0951. The number of nitrogens with one attached hydrogen (secondary N) is 3. The number of nitrogens with zero attached hydrogens (tertiary/aromatic N) is 1. The smallest absolute Gasteiger partial charge is 0.324 e. The van der Waals surface area contributed by atoms with Crippen LogP contribution in [-0.4, -0.2) is 36.5 Å². The highest BCUT2D eigenvalue weighted by molar-refractivity contribution is 7.17. The summed E-state index contributed by atoms with van der Waals surface area (Å²) in [5.41, 5.74) is 2.35. The van der Waals surface area contributed by atoms with Crippen LogP contribution >= 0.6 is 35.3 Å². The molecule has 1 aliphatic heterocycles. The third-order valence-electron chi connectivity index (χ3n) is 5.39. The lowest BCUT2D eigenvalue weighted by Gasteiger charge is -2.25. The van der Waals surface area contributed by atoms with E-state index in [9.17, 15) is 9.59 Å². The summed E-state index contributed by atoms with van der Waals surface area (Å²) in [6.45, 7) is 5.57. The molecule has 9 heteroatoms. The van der Waals surface area contributed by atoms with E-state index in [1.807, 2.05) is 0 Å². The number of amides is 3. The Kier molecular flexibility index (Phi) is 7.63. The first-order valence-corrected chi connectivity index (χ1v) is 11.2. The molecule has 2 aliphatic rings. The van der Waals surface area contributed by atoms with Gasteiger partial charge < -0.3 is 10.6 Å². The Morgan fingerprint density at radius 3 is 2.60 bits per heavy atom.